The molecule has 1 saturated carbocycles. The van der Waals surface area contributed by atoms with Gasteiger partial charge in [-0.05, 0) is 38.8 Å². The SMILES string of the molecule is CC(C)CCN(C)C1CCCCC1C#N. The number of rotatable bonds is 4. The van der Waals surface area contributed by atoms with Gasteiger partial charge in [0.05, 0.1) is 12.0 Å². The van der Waals surface area contributed by atoms with Crippen molar-refractivity contribution in [2.45, 2.75) is 52.0 Å². The maximum atomic E-state index is 9.11. The molecule has 2 unspecified atom stereocenters. The fourth-order valence-electron chi connectivity index (χ4n) is 2.42. The first-order chi connectivity index (χ1) is 7.15. The predicted molar refractivity (Wildman–Crippen MR) is 63.4 cm³/mol. The molecule has 86 valence electrons. The molecule has 1 aliphatic carbocycles. The lowest BCUT2D eigenvalue weighted by molar-refractivity contribution is 0.151. The predicted octanol–water partition coefficient (Wildman–Crippen LogP) is 3.05. The van der Waals surface area contributed by atoms with E-state index in [0.29, 0.717) is 6.04 Å². The van der Waals surface area contributed by atoms with Crippen molar-refractivity contribution in [1.82, 2.24) is 4.90 Å². The second-order valence-corrected chi connectivity index (χ2v) is 5.25. The molecular weight excluding hydrogens is 184 g/mol. The van der Waals surface area contributed by atoms with Crippen LogP contribution in [0.15, 0.2) is 0 Å². The lowest BCUT2D eigenvalue weighted by Gasteiger charge is -2.35. The van der Waals surface area contributed by atoms with Crippen LogP contribution in [-0.4, -0.2) is 24.5 Å². The summed E-state index contributed by atoms with van der Waals surface area (Å²) >= 11 is 0. The molecule has 1 aliphatic rings. The Bertz CT molecular complexity index is 217. The Hall–Kier alpha value is -0.550. The zero-order valence-electron chi connectivity index (χ0n) is 10.4. The number of hydrogen-bond donors (Lipinski definition) is 0. The van der Waals surface area contributed by atoms with Crippen LogP contribution >= 0.6 is 0 Å². The third-order valence-corrected chi connectivity index (χ3v) is 3.52. The topological polar surface area (TPSA) is 27.0 Å². The van der Waals surface area contributed by atoms with Gasteiger partial charge in [0.2, 0.25) is 0 Å². The molecule has 0 spiro atoms. The standard InChI is InChI=1S/C13H24N2/c1-11(2)8-9-15(3)13-7-5-4-6-12(13)10-14/h11-13H,4-9H2,1-3H3. The molecule has 1 fully saturated rings. The molecule has 0 N–H and O–H groups in total. The zero-order chi connectivity index (χ0) is 11.3. The van der Waals surface area contributed by atoms with E-state index in [1.165, 1.54) is 25.7 Å². The Labute approximate surface area is 94.3 Å². The van der Waals surface area contributed by atoms with Gasteiger partial charge in [-0.15, -0.1) is 0 Å². The molecule has 0 aromatic heterocycles. The van der Waals surface area contributed by atoms with Gasteiger partial charge in [0.15, 0.2) is 0 Å². The lowest BCUT2D eigenvalue weighted by Crippen LogP contribution is -2.40. The highest BCUT2D eigenvalue weighted by molar-refractivity contribution is 4.95. The molecule has 0 amide bonds. The van der Waals surface area contributed by atoms with Gasteiger partial charge in [0.1, 0.15) is 0 Å². The van der Waals surface area contributed by atoms with Gasteiger partial charge in [-0.1, -0.05) is 26.7 Å². The summed E-state index contributed by atoms with van der Waals surface area (Å²) in [5.41, 5.74) is 0. The van der Waals surface area contributed by atoms with E-state index in [0.717, 1.165) is 18.9 Å². The first-order valence-electron chi connectivity index (χ1n) is 6.25. The minimum atomic E-state index is 0.274. The second-order valence-electron chi connectivity index (χ2n) is 5.25. The lowest BCUT2D eigenvalue weighted by atomic mass is 9.84. The van der Waals surface area contributed by atoms with Crippen molar-refractivity contribution in [3.63, 3.8) is 0 Å². The van der Waals surface area contributed by atoms with Gasteiger partial charge < -0.3 is 4.90 Å². The highest BCUT2D eigenvalue weighted by Gasteiger charge is 2.27. The van der Waals surface area contributed by atoms with Crippen LogP contribution in [-0.2, 0) is 0 Å². The molecule has 2 nitrogen and oxygen atoms in total. The molecule has 0 heterocycles. The molecule has 15 heavy (non-hydrogen) atoms. The van der Waals surface area contributed by atoms with Crippen LogP contribution in [0.4, 0.5) is 0 Å². The molecular formula is C13H24N2. The largest absolute Gasteiger partial charge is 0.302 e. The fourth-order valence-corrected chi connectivity index (χ4v) is 2.42. The number of hydrogen-bond acceptors (Lipinski definition) is 2. The zero-order valence-corrected chi connectivity index (χ0v) is 10.4. The minimum Gasteiger partial charge on any atom is -0.302 e. The van der Waals surface area contributed by atoms with Crippen molar-refractivity contribution in [3.05, 3.63) is 0 Å². The van der Waals surface area contributed by atoms with E-state index in [1.807, 2.05) is 0 Å². The van der Waals surface area contributed by atoms with Crippen LogP contribution in [0, 0.1) is 23.2 Å². The van der Waals surface area contributed by atoms with Gasteiger partial charge in [-0.2, -0.15) is 5.26 Å². The monoisotopic (exact) mass is 208 g/mol. The van der Waals surface area contributed by atoms with Crippen molar-refractivity contribution in [2.75, 3.05) is 13.6 Å². The third kappa shape index (κ3) is 3.83. The Balaban J connectivity index is 2.42. The summed E-state index contributed by atoms with van der Waals surface area (Å²) in [6, 6.07) is 3.00. The normalized spacial score (nSPS) is 26.9. The van der Waals surface area contributed by atoms with Crippen LogP contribution in [0.3, 0.4) is 0 Å². The number of nitrogens with zero attached hydrogens (tertiary/aromatic N) is 2. The number of nitriles is 1. The third-order valence-electron chi connectivity index (χ3n) is 3.52. The summed E-state index contributed by atoms with van der Waals surface area (Å²) in [5, 5.41) is 9.11. The Kier molecular flexibility index (Phi) is 5.11. The van der Waals surface area contributed by atoms with Crippen molar-refractivity contribution in [1.29, 1.82) is 5.26 Å². The molecule has 2 heteroatoms. The first-order valence-corrected chi connectivity index (χ1v) is 6.25. The van der Waals surface area contributed by atoms with E-state index in [4.69, 9.17) is 5.26 Å². The van der Waals surface area contributed by atoms with E-state index < -0.39 is 0 Å². The maximum absolute atomic E-state index is 9.11. The summed E-state index contributed by atoms with van der Waals surface area (Å²) in [6.07, 6.45) is 6.10. The molecule has 2 atom stereocenters. The quantitative estimate of drug-likeness (QED) is 0.710. The first kappa shape index (κ1) is 12.5. The van der Waals surface area contributed by atoms with Crippen LogP contribution in [0.1, 0.15) is 46.0 Å². The highest BCUT2D eigenvalue weighted by atomic mass is 15.1. The second kappa shape index (κ2) is 6.12. The van der Waals surface area contributed by atoms with E-state index in [9.17, 15) is 0 Å². The van der Waals surface area contributed by atoms with Crippen LogP contribution in [0.5, 0.6) is 0 Å². The van der Waals surface area contributed by atoms with Crippen molar-refractivity contribution < 1.29 is 0 Å². The molecule has 0 radical (unpaired) electrons. The smallest absolute Gasteiger partial charge is 0.0672 e. The summed E-state index contributed by atoms with van der Waals surface area (Å²) in [4.78, 5) is 2.41. The molecule has 0 bridgehead atoms. The Morgan fingerprint density at radius 3 is 2.60 bits per heavy atom. The van der Waals surface area contributed by atoms with Crippen molar-refractivity contribution in [2.24, 2.45) is 11.8 Å². The van der Waals surface area contributed by atoms with Crippen LogP contribution in [0.25, 0.3) is 0 Å². The average Bonchev–Trinajstić information content (AvgIpc) is 2.25. The Morgan fingerprint density at radius 2 is 2.00 bits per heavy atom. The summed E-state index contributed by atoms with van der Waals surface area (Å²) in [6.45, 7) is 5.66. The fraction of sp³-hybridized carbons (Fsp3) is 0.923. The van der Waals surface area contributed by atoms with E-state index in [1.54, 1.807) is 0 Å². The maximum Gasteiger partial charge on any atom is 0.0672 e. The van der Waals surface area contributed by atoms with E-state index >= 15 is 0 Å². The molecule has 0 aromatic rings. The Morgan fingerprint density at radius 1 is 1.33 bits per heavy atom. The van der Waals surface area contributed by atoms with Gasteiger partial charge in [-0.25, -0.2) is 0 Å². The molecule has 0 aromatic carbocycles. The van der Waals surface area contributed by atoms with Gasteiger partial charge >= 0.3 is 0 Å². The molecule has 0 saturated heterocycles. The van der Waals surface area contributed by atoms with Gasteiger partial charge in [0, 0.05) is 6.04 Å². The molecule has 0 aliphatic heterocycles. The van der Waals surface area contributed by atoms with Gasteiger partial charge in [-0.3, -0.25) is 0 Å². The van der Waals surface area contributed by atoms with Crippen LogP contribution in [0.2, 0.25) is 0 Å². The summed E-state index contributed by atoms with van der Waals surface area (Å²) < 4.78 is 0. The van der Waals surface area contributed by atoms with Crippen molar-refractivity contribution >= 4 is 0 Å². The minimum absolute atomic E-state index is 0.274. The van der Waals surface area contributed by atoms with Crippen LogP contribution < -0.4 is 0 Å². The summed E-state index contributed by atoms with van der Waals surface area (Å²) in [5.74, 6) is 1.03. The van der Waals surface area contributed by atoms with E-state index in [-0.39, 0.29) is 5.92 Å². The van der Waals surface area contributed by atoms with Crippen molar-refractivity contribution in [3.8, 4) is 6.07 Å². The van der Waals surface area contributed by atoms with Gasteiger partial charge in [0.25, 0.3) is 0 Å². The highest BCUT2D eigenvalue weighted by Crippen LogP contribution is 2.27. The van der Waals surface area contributed by atoms with E-state index in [2.05, 4.69) is 31.9 Å². The molecule has 1 rings (SSSR count). The summed E-state index contributed by atoms with van der Waals surface area (Å²) in [7, 11) is 2.18. The average molecular weight is 208 g/mol.